The van der Waals surface area contributed by atoms with Crippen LogP contribution in [0.3, 0.4) is 0 Å². The van der Waals surface area contributed by atoms with Gasteiger partial charge in [-0.1, -0.05) is 12.8 Å². The van der Waals surface area contributed by atoms with Gasteiger partial charge in [0.05, 0.1) is 33.3 Å². The summed E-state index contributed by atoms with van der Waals surface area (Å²) < 4.78 is 8.80. The number of nitrogens with one attached hydrogen (secondary N) is 1. The van der Waals surface area contributed by atoms with Crippen molar-refractivity contribution in [3.8, 4) is 10.4 Å². The Balaban J connectivity index is 1.23. The van der Waals surface area contributed by atoms with Crippen molar-refractivity contribution in [2.24, 2.45) is 11.5 Å². The predicted octanol–water partition coefficient (Wildman–Crippen LogP) is 3.70. The van der Waals surface area contributed by atoms with Crippen LogP contribution in [0.25, 0.3) is 25.5 Å². The van der Waals surface area contributed by atoms with Gasteiger partial charge in [-0.2, -0.15) is 9.61 Å². The van der Waals surface area contributed by atoms with E-state index in [4.69, 9.17) is 21.2 Å². The molecule has 2 fully saturated rings. The van der Waals surface area contributed by atoms with E-state index in [2.05, 4.69) is 37.1 Å². The van der Waals surface area contributed by atoms with E-state index in [0.29, 0.717) is 36.9 Å². The van der Waals surface area contributed by atoms with Crippen LogP contribution in [-0.4, -0.2) is 63.9 Å². The van der Waals surface area contributed by atoms with Crippen LogP contribution in [-0.2, 0) is 11.2 Å². The number of morpholine rings is 1. The molecule has 6 heterocycles. The molecule has 2 aliphatic rings. The molecule has 0 spiro atoms. The average Bonchev–Trinajstić information content (AvgIpc) is 3.75. The molecular weight excluding hydrogens is 593 g/mol. The monoisotopic (exact) mass is 622 g/mol. The van der Waals surface area contributed by atoms with E-state index >= 15 is 0 Å². The van der Waals surface area contributed by atoms with Crippen LogP contribution in [0, 0.1) is 0 Å². The van der Waals surface area contributed by atoms with Gasteiger partial charge in [0, 0.05) is 53.5 Å². The third-order valence-corrected chi connectivity index (χ3v) is 11.3. The second-order valence-electron chi connectivity index (χ2n) is 10.7. The standard InChI is InChI=1S/C28H30N8O3S3/c29-17-3-1-2-4-18(17)33-28-34-19(23(26(30)38)27-31-14-32-36(27)28)9-15-10-21(40-12-15)16-13-41-25-20(37)11-22(42-24(16)25)35-5-7-39-8-6-35/h10-14,17-18H,1-9,29H2,(H2,30,38)(H,33,34)/t17-,18+/m1/s1. The maximum atomic E-state index is 13.0. The van der Waals surface area contributed by atoms with Gasteiger partial charge in [-0.05, 0) is 29.9 Å². The molecule has 0 radical (unpaired) electrons. The SMILES string of the molecule is NC(=O)c1c(Cc2csc(-c3csc4c(=O)cc(N5CCOCC5)sc34)c2)nc(N[C@H]2CCCC[C@H]2N)n2ncnc12. The molecule has 0 bridgehead atoms. The number of fused-ring (bicyclic) bond motifs is 2. The highest BCUT2D eigenvalue weighted by Crippen LogP contribution is 2.41. The van der Waals surface area contributed by atoms with Crippen LogP contribution in [0.2, 0.25) is 0 Å². The third kappa shape index (κ3) is 5.07. The van der Waals surface area contributed by atoms with E-state index in [0.717, 1.165) is 69.2 Å². The topological polar surface area (TPSA) is 154 Å². The van der Waals surface area contributed by atoms with E-state index in [1.165, 1.54) is 22.2 Å². The summed E-state index contributed by atoms with van der Waals surface area (Å²) in [5.41, 5.74) is 15.5. The van der Waals surface area contributed by atoms with Crippen molar-refractivity contribution in [2.45, 2.75) is 44.2 Å². The number of aromatic nitrogens is 4. The van der Waals surface area contributed by atoms with Gasteiger partial charge in [-0.15, -0.1) is 34.0 Å². The number of amides is 1. The number of hydrogen-bond donors (Lipinski definition) is 3. The van der Waals surface area contributed by atoms with Crippen molar-refractivity contribution in [3.05, 3.63) is 56.3 Å². The Morgan fingerprint density at radius 2 is 1.95 bits per heavy atom. The second kappa shape index (κ2) is 11.3. The second-order valence-corrected chi connectivity index (χ2v) is 13.5. The van der Waals surface area contributed by atoms with Gasteiger partial charge in [0.25, 0.3) is 5.91 Å². The molecule has 14 heteroatoms. The maximum Gasteiger partial charge on any atom is 0.254 e. The number of carbonyl (C=O) groups excluding carboxylic acids is 1. The predicted molar refractivity (Wildman–Crippen MR) is 168 cm³/mol. The fourth-order valence-corrected chi connectivity index (χ4v) is 9.20. The lowest BCUT2D eigenvalue weighted by atomic mass is 9.91. The molecule has 42 heavy (non-hydrogen) atoms. The molecule has 5 aromatic heterocycles. The summed E-state index contributed by atoms with van der Waals surface area (Å²) in [4.78, 5) is 38.1. The number of nitrogens with two attached hydrogens (primary N) is 2. The Labute approximate surface area is 253 Å². The van der Waals surface area contributed by atoms with E-state index in [1.54, 1.807) is 28.7 Å². The zero-order valence-corrected chi connectivity index (χ0v) is 25.2. The van der Waals surface area contributed by atoms with Crippen molar-refractivity contribution >= 4 is 65.9 Å². The van der Waals surface area contributed by atoms with Gasteiger partial charge >= 0.3 is 0 Å². The van der Waals surface area contributed by atoms with Crippen LogP contribution in [0.5, 0.6) is 0 Å². The van der Waals surface area contributed by atoms with Gasteiger partial charge in [-0.3, -0.25) is 9.59 Å². The largest absolute Gasteiger partial charge is 0.378 e. The third-order valence-electron chi connectivity index (χ3n) is 7.93. The lowest BCUT2D eigenvalue weighted by Crippen LogP contribution is -2.43. The summed E-state index contributed by atoms with van der Waals surface area (Å²) in [6.45, 7) is 2.88. The number of thiophene rings is 2. The van der Waals surface area contributed by atoms with Gasteiger partial charge in [0.1, 0.15) is 11.9 Å². The number of rotatable bonds is 7. The molecule has 11 nitrogen and oxygen atoms in total. The molecule has 1 aliphatic heterocycles. The van der Waals surface area contributed by atoms with E-state index < -0.39 is 5.91 Å². The Hall–Kier alpha value is -3.43. The summed E-state index contributed by atoms with van der Waals surface area (Å²) >= 11 is 4.75. The molecule has 5 aromatic rings. The normalized spacial score (nSPS) is 19.5. The van der Waals surface area contributed by atoms with Crippen LogP contribution in [0.4, 0.5) is 10.9 Å². The highest BCUT2D eigenvalue weighted by atomic mass is 32.1. The van der Waals surface area contributed by atoms with Gasteiger partial charge in [-0.25, -0.2) is 9.97 Å². The minimum atomic E-state index is -0.601. The highest BCUT2D eigenvalue weighted by Gasteiger charge is 2.26. The molecule has 0 unspecified atom stereocenters. The molecule has 1 aliphatic carbocycles. The first kappa shape index (κ1) is 27.4. The van der Waals surface area contributed by atoms with Crippen LogP contribution < -0.4 is 27.1 Å². The maximum absolute atomic E-state index is 13.0. The summed E-state index contributed by atoms with van der Waals surface area (Å²) in [7, 11) is 0. The first-order valence-corrected chi connectivity index (χ1v) is 16.5. The fraction of sp³-hybridized carbons (Fsp3) is 0.393. The van der Waals surface area contributed by atoms with E-state index in [-0.39, 0.29) is 23.1 Å². The van der Waals surface area contributed by atoms with Crippen molar-refractivity contribution in [2.75, 3.05) is 36.5 Å². The highest BCUT2D eigenvalue weighted by molar-refractivity contribution is 7.29. The van der Waals surface area contributed by atoms with Gasteiger partial charge in [0.2, 0.25) is 5.95 Å². The average molecular weight is 623 g/mol. The minimum Gasteiger partial charge on any atom is -0.378 e. The van der Waals surface area contributed by atoms with Gasteiger partial charge in [0.15, 0.2) is 11.1 Å². The summed E-state index contributed by atoms with van der Waals surface area (Å²) in [6, 6.07) is 3.93. The number of hydrogen-bond acceptors (Lipinski definition) is 12. The smallest absolute Gasteiger partial charge is 0.254 e. The summed E-state index contributed by atoms with van der Waals surface area (Å²) in [5.74, 6) is -0.0966. The number of ether oxygens (including phenoxy) is 1. The first-order valence-electron chi connectivity index (χ1n) is 14.0. The van der Waals surface area contributed by atoms with Crippen LogP contribution in [0.15, 0.2) is 34.0 Å². The summed E-state index contributed by atoms with van der Waals surface area (Å²) in [6.07, 6.45) is 5.88. The van der Waals surface area contributed by atoms with Crippen molar-refractivity contribution in [1.29, 1.82) is 0 Å². The molecule has 5 N–H and O–H groups in total. The molecule has 7 rings (SSSR count). The Bertz CT molecular complexity index is 1840. The number of nitrogens with zero attached hydrogens (tertiary/aromatic N) is 5. The number of carbonyl (C=O) groups is 1. The molecule has 1 saturated heterocycles. The van der Waals surface area contributed by atoms with Crippen LogP contribution in [0.1, 0.15) is 47.3 Å². The molecular formula is C28H30N8O3S3. The quantitative estimate of drug-likeness (QED) is 0.247. The Kier molecular flexibility index (Phi) is 7.40. The van der Waals surface area contributed by atoms with E-state index in [1.807, 2.05) is 0 Å². The van der Waals surface area contributed by atoms with Crippen molar-refractivity contribution in [1.82, 2.24) is 19.6 Å². The minimum absolute atomic E-state index is 0.0118. The molecule has 1 saturated carbocycles. The van der Waals surface area contributed by atoms with E-state index in [9.17, 15) is 9.59 Å². The van der Waals surface area contributed by atoms with Crippen molar-refractivity contribution < 1.29 is 9.53 Å². The lowest BCUT2D eigenvalue weighted by molar-refractivity contribution is 0.1000. The number of primary amides is 1. The van der Waals surface area contributed by atoms with Crippen molar-refractivity contribution in [3.63, 3.8) is 0 Å². The Morgan fingerprint density at radius 1 is 1.12 bits per heavy atom. The molecule has 1 amide bonds. The summed E-state index contributed by atoms with van der Waals surface area (Å²) in [5, 5.41) is 12.9. The zero-order chi connectivity index (χ0) is 28.8. The molecule has 218 valence electrons. The van der Waals surface area contributed by atoms with Crippen LogP contribution >= 0.6 is 34.0 Å². The van der Waals surface area contributed by atoms with Gasteiger partial charge < -0.3 is 26.4 Å². The molecule has 2 atom stereocenters. The molecule has 0 aromatic carbocycles. The number of anilines is 2. The fourth-order valence-electron chi connectivity index (χ4n) is 5.75. The Morgan fingerprint density at radius 3 is 2.76 bits per heavy atom. The zero-order valence-electron chi connectivity index (χ0n) is 22.7. The first-order chi connectivity index (χ1) is 20.5. The lowest BCUT2D eigenvalue weighted by Gasteiger charge is -2.29.